The zero-order chi connectivity index (χ0) is 10.3. The summed E-state index contributed by atoms with van der Waals surface area (Å²) in [6.07, 6.45) is 3.55. The predicted molar refractivity (Wildman–Crippen MR) is 60.3 cm³/mol. The fourth-order valence-corrected chi connectivity index (χ4v) is 1.68. The highest BCUT2D eigenvalue weighted by molar-refractivity contribution is 9.10. The first-order chi connectivity index (χ1) is 6.48. The summed E-state index contributed by atoms with van der Waals surface area (Å²) in [5.74, 6) is 0.987. The second-order valence-corrected chi connectivity index (χ2v) is 5.21. The van der Waals surface area contributed by atoms with Gasteiger partial charge in [0.2, 0.25) is 0 Å². The van der Waals surface area contributed by atoms with Crippen LogP contribution in [0, 0.1) is 0 Å². The van der Waals surface area contributed by atoms with E-state index in [1.165, 1.54) is 0 Å². The van der Waals surface area contributed by atoms with Gasteiger partial charge in [-0.15, -0.1) is 0 Å². The molecule has 0 amide bonds. The summed E-state index contributed by atoms with van der Waals surface area (Å²) in [7, 11) is 0. The number of aromatic amines is 1. The van der Waals surface area contributed by atoms with Gasteiger partial charge < -0.3 is 4.98 Å². The van der Waals surface area contributed by atoms with Crippen LogP contribution in [0.5, 0.6) is 0 Å². The minimum Gasteiger partial charge on any atom is -0.340 e. The number of hydrogen-bond donors (Lipinski definition) is 1. The Kier molecular flexibility index (Phi) is 2.10. The van der Waals surface area contributed by atoms with Gasteiger partial charge in [-0.25, -0.2) is 4.98 Å². The molecule has 0 aliphatic heterocycles. The van der Waals surface area contributed by atoms with Crippen LogP contribution in [0.25, 0.3) is 11.0 Å². The van der Waals surface area contributed by atoms with Crippen LogP contribution in [-0.2, 0) is 5.41 Å². The lowest BCUT2D eigenvalue weighted by Gasteiger charge is -2.13. The molecule has 3 nitrogen and oxygen atoms in total. The number of nitrogens with one attached hydrogen (secondary N) is 1. The van der Waals surface area contributed by atoms with E-state index in [9.17, 15) is 0 Å². The SMILES string of the molecule is CC(C)(C)c1nc2c(Br)cncc2[nH]1. The van der Waals surface area contributed by atoms with Crippen molar-refractivity contribution in [1.82, 2.24) is 15.0 Å². The van der Waals surface area contributed by atoms with Crippen molar-refractivity contribution in [3.63, 3.8) is 0 Å². The van der Waals surface area contributed by atoms with E-state index in [0.717, 1.165) is 21.3 Å². The van der Waals surface area contributed by atoms with Crippen molar-refractivity contribution in [2.24, 2.45) is 0 Å². The molecule has 0 aliphatic carbocycles. The summed E-state index contributed by atoms with van der Waals surface area (Å²) in [6.45, 7) is 6.39. The maximum Gasteiger partial charge on any atom is 0.112 e. The Labute approximate surface area is 91.1 Å². The molecule has 1 N–H and O–H groups in total. The van der Waals surface area contributed by atoms with Crippen molar-refractivity contribution in [3.05, 3.63) is 22.7 Å². The van der Waals surface area contributed by atoms with E-state index >= 15 is 0 Å². The monoisotopic (exact) mass is 253 g/mol. The van der Waals surface area contributed by atoms with Crippen LogP contribution in [0.1, 0.15) is 26.6 Å². The number of H-pyrrole nitrogens is 1. The smallest absolute Gasteiger partial charge is 0.112 e. The second-order valence-electron chi connectivity index (χ2n) is 4.35. The van der Waals surface area contributed by atoms with Crippen molar-refractivity contribution in [2.75, 3.05) is 0 Å². The van der Waals surface area contributed by atoms with Gasteiger partial charge in [0.1, 0.15) is 11.3 Å². The van der Waals surface area contributed by atoms with Crippen molar-refractivity contribution >= 4 is 27.0 Å². The maximum absolute atomic E-state index is 4.54. The van der Waals surface area contributed by atoms with Crippen LogP contribution in [0.3, 0.4) is 0 Å². The summed E-state index contributed by atoms with van der Waals surface area (Å²) in [4.78, 5) is 11.9. The Morgan fingerprint density at radius 2 is 2.00 bits per heavy atom. The van der Waals surface area contributed by atoms with Gasteiger partial charge in [0.25, 0.3) is 0 Å². The predicted octanol–water partition coefficient (Wildman–Crippen LogP) is 3.02. The van der Waals surface area contributed by atoms with Gasteiger partial charge in [0.05, 0.1) is 16.2 Å². The summed E-state index contributed by atoms with van der Waals surface area (Å²) in [5, 5.41) is 0. The standard InChI is InChI=1S/C10H12BrN3/c1-10(2,3)9-13-7-5-12-4-6(11)8(7)14-9/h4-5H,1-3H3,(H,13,14). The van der Waals surface area contributed by atoms with Gasteiger partial charge >= 0.3 is 0 Å². The highest BCUT2D eigenvalue weighted by Gasteiger charge is 2.18. The van der Waals surface area contributed by atoms with Crippen LogP contribution < -0.4 is 0 Å². The average molecular weight is 254 g/mol. The Hall–Kier alpha value is -0.900. The van der Waals surface area contributed by atoms with E-state index in [4.69, 9.17) is 0 Å². The summed E-state index contributed by atoms with van der Waals surface area (Å²) in [5.41, 5.74) is 1.97. The first kappa shape index (κ1) is 9.65. The Morgan fingerprint density at radius 1 is 1.29 bits per heavy atom. The molecular weight excluding hydrogens is 242 g/mol. The van der Waals surface area contributed by atoms with Crippen LogP contribution in [0.2, 0.25) is 0 Å². The lowest BCUT2D eigenvalue weighted by atomic mass is 9.96. The molecule has 0 atom stereocenters. The quantitative estimate of drug-likeness (QED) is 0.785. The van der Waals surface area contributed by atoms with Crippen LogP contribution in [0.15, 0.2) is 16.9 Å². The van der Waals surface area contributed by atoms with E-state index in [1.807, 2.05) is 0 Å². The molecule has 14 heavy (non-hydrogen) atoms. The first-order valence-electron chi connectivity index (χ1n) is 4.48. The lowest BCUT2D eigenvalue weighted by Crippen LogP contribution is -2.12. The van der Waals surface area contributed by atoms with E-state index < -0.39 is 0 Å². The molecule has 0 radical (unpaired) electrons. The number of aromatic nitrogens is 3. The van der Waals surface area contributed by atoms with E-state index in [1.54, 1.807) is 12.4 Å². The average Bonchev–Trinajstić information content (AvgIpc) is 2.48. The number of fused-ring (bicyclic) bond motifs is 1. The molecule has 2 aromatic rings. The number of nitrogens with zero attached hydrogens (tertiary/aromatic N) is 2. The van der Waals surface area contributed by atoms with Gasteiger partial charge in [0, 0.05) is 11.6 Å². The number of pyridine rings is 1. The van der Waals surface area contributed by atoms with Crippen LogP contribution in [-0.4, -0.2) is 15.0 Å². The van der Waals surface area contributed by atoms with E-state index in [-0.39, 0.29) is 5.41 Å². The molecule has 0 aromatic carbocycles. The van der Waals surface area contributed by atoms with Gasteiger partial charge in [-0.1, -0.05) is 20.8 Å². The molecule has 2 rings (SSSR count). The van der Waals surface area contributed by atoms with Crippen molar-refractivity contribution in [3.8, 4) is 0 Å². The molecule has 0 aliphatic rings. The molecular formula is C10H12BrN3. The highest BCUT2D eigenvalue weighted by Crippen LogP contribution is 2.25. The second kappa shape index (κ2) is 3.05. The van der Waals surface area contributed by atoms with Crippen LogP contribution >= 0.6 is 15.9 Å². The van der Waals surface area contributed by atoms with E-state index in [0.29, 0.717) is 0 Å². The Bertz CT molecular complexity index is 468. The van der Waals surface area contributed by atoms with Gasteiger partial charge in [0.15, 0.2) is 0 Å². The third kappa shape index (κ3) is 1.54. The fraction of sp³-hybridized carbons (Fsp3) is 0.400. The third-order valence-electron chi connectivity index (χ3n) is 2.06. The van der Waals surface area contributed by atoms with Crippen molar-refractivity contribution in [2.45, 2.75) is 26.2 Å². The Morgan fingerprint density at radius 3 is 2.57 bits per heavy atom. The molecule has 2 aromatic heterocycles. The number of hydrogen-bond acceptors (Lipinski definition) is 2. The van der Waals surface area contributed by atoms with Gasteiger partial charge in [-0.3, -0.25) is 4.98 Å². The van der Waals surface area contributed by atoms with Crippen molar-refractivity contribution < 1.29 is 0 Å². The molecule has 0 spiro atoms. The van der Waals surface area contributed by atoms with Gasteiger partial charge in [-0.2, -0.15) is 0 Å². The minimum atomic E-state index is 0.0401. The molecule has 0 saturated carbocycles. The first-order valence-corrected chi connectivity index (χ1v) is 5.27. The highest BCUT2D eigenvalue weighted by atomic mass is 79.9. The summed E-state index contributed by atoms with van der Waals surface area (Å²) < 4.78 is 0.932. The molecule has 4 heteroatoms. The minimum absolute atomic E-state index is 0.0401. The topological polar surface area (TPSA) is 41.6 Å². The van der Waals surface area contributed by atoms with E-state index in [2.05, 4.69) is 51.7 Å². The molecule has 2 heterocycles. The summed E-state index contributed by atoms with van der Waals surface area (Å²) in [6, 6.07) is 0. The maximum atomic E-state index is 4.54. The molecule has 0 bridgehead atoms. The molecule has 0 unspecified atom stereocenters. The molecule has 0 fully saturated rings. The number of imidazole rings is 1. The number of halogens is 1. The van der Waals surface area contributed by atoms with Crippen LogP contribution in [0.4, 0.5) is 0 Å². The third-order valence-corrected chi connectivity index (χ3v) is 2.64. The van der Waals surface area contributed by atoms with Crippen molar-refractivity contribution in [1.29, 1.82) is 0 Å². The zero-order valence-corrected chi connectivity index (χ0v) is 10.0. The normalized spacial score (nSPS) is 12.3. The largest absolute Gasteiger partial charge is 0.340 e. The van der Waals surface area contributed by atoms with Gasteiger partial charge in [-0.05, 0) is 15.9 Å². The fourth-order valence-electron chi connectivity index (χ4n) is 1.26. The summed E-state index contributed by atoms with van der Waals surface area (Å²) >= 11 is 3.43. The Balaban J connectivity index is 2.69. The molecule has 74 valence electrons. The molecule has 0 saturated heterocycles. The lowest BCUT2D eigenvalue weighted by molar-refractivity contribution is 0.554. The number of rotatable bonds is 0. The zero-order valence-electron chi connectivity index (χ0n) is 8.43.